The van der Waals surface area contributed by atoms with E-state index in [-0.39, 0.29) is 12.0 Å². The molecule has 22 heavy (non-hydrogen) atoms. The molecule has 1 N–H and O–H groups in total. The summed E-state index contributed by atoms with van der Waals surface area (Å²) in [7, 11) is 1.54. The van der Waals surface area contributed by atoms with Gasteiger partial charge >= 0.3 is 0 Å². The van der Waals surface area contributed by atoms with Crippen LogP contribution in [0.25, 0.3) is 0 Å². The minimum absolute atomic E-state index is 0.0313. The van der Waals surface area contributed by atoms with E-state index in [9.17, 15) is 4.79 Å². The summed E-state index contributed by atoms with van der Waals surface area (Å²) in [6.07, 6.45) is 1.63. The van der Waals surface area contributed by atoms with Crippen LogP contribution in [-0.4, -0.2) is 25.3 Å². The molecule has 0 fully saturated rings. The zero-order valence-corrected chi connectivity index (χ0v) is 13.5. The molecule has 0 aliphatic rings. The summed E-state index contributed by atoms with van der Waals surface area (Å²) in [5, 5.41) is 7.81. The second kappa shape index (κ2) is 7.61. The first kappa shape index (κ1) is 16.0. The summed E-state index contributed by atoms with van der Waals surface area (Å²) < 4.78 is 10.9. The maximum atomic E-state index is 12.1. The molecule has 0 spiro atoms. The first-order valence-corrected chi connectivity index (χ1v) is 7.74. The van der Waals surface area contributed by atoms with Crippen molar-refractivity contribution in [3.8, 4) is 11.5 Å². The van der Waals surface area contributed by atoms with Gasteiger partial charge in [-0.05, 0) is 48.9 Å². The van der Waals surface area contributed by atoms with Crippen LogP contribution >= 0.6 is 11.3 Å². The van der Waals surface area contributed by atoms with Crippen LogP contribution in [0.15, 0.2) is 40.1 Å². The highest BCUT2D eigenvalue weighted by atomic mass is 32.1. The number of benzene rings is 1. The van der Waals surface area contributed by atoms with E-state index < -0.39 is 0 Å². The average molecular weight is 318 g/mol. The van der Waals surface area contributed by atoms with Crippen molar-refractivity contribution >= 4 is 23.5 Å². The van der Waals surface area contributed by atoms with Crippen molar-refractivity contribution in [1.82, 2.24) is 5.43 Å². The number of hydrogen-bond donors (Lipinski definition) is 1. The van der Waals surface area contributed by atoms with Crippen molar-refractivity contribution in [3.05, 3.63) is 46.2 Å². The molecule has 2 rings (SSSR count). The lowest BCUT2D eigenvalue weighted by molar-refractivity contribution is 0.0954. The van der Waals surface area contributed by atoms with Gasteiger partial charge in [-0.25, -0.2) is 5.43 Å². The lowest BCUT2D eigenvalue weighted by Gasteiger charge is -2.14. The SMILES string of the molecule is COc1cc(C(=O)N/N=C/c2ccsc2)ccc1OC(C)C. The molecule has 0 radical (unpaired) electrons. The van der Waals surface area contributed by atoms with E-state index in [0.717, 1.165) is 5.56 Å². The van der Waals surface area contributed by atoms with Crippen molar-refractivity contribution in [3.63, 3.8) is 0 Å². The Hall–Kier alpha value is -2.34. The Bertz CT molecular complexity index is 651. The summed E-state index contributed by atoms with van der Waals surface area (Å²) in [5.41, 5.74) is 3.89. The van der Waals surface area contributed by atoms with Gasteiger partial charge in [0.25, 0.3) is 5.91 Å². The van der Waals surface area contributed by atoms with Gasteiger partial charge in [0.2, 0.25) is 0 Å². The summed E-state index contributed by atoms with van der Waals surface area (Å²) in [4.78, 5) is 12.1. The minimum Gasteiger partial charge on any atom is -0.493 e. The van der Waals surface area contributed by atoms with Crippen LogP contribution in [0.1, 0.15) is 29.8 Å². The van der Waals surface area contributed by atoms with E-state index in [1.165, 1.54) is 0 Å². The molecule has 1 heterocycles. The van der Waals surface area contributed by atoms with Gasteiger partial charge in [-0.2, -0.15) is 16.4 Å². The summed E-state index contributed by atoms with van der Waals surface area (Å²) in [6, 6.07) is 6.95. The Morgan fingerprint density at radius 3 is 2.77 bits per heavy atom. The van der Waals surface area contributed by atoms with Gasteiger partial charge in [-0.15, -0.1) is 0 Å². The molecule has 0 saturated carbocycles. The summed E-state index contributed by atoms with van der Waals surface area (Å²) in [6.45, 7) is 3.86. The van der Waals surface area contributed by atoms with E-state index in [4.69, 9.17) is 9.47 Å². The van der Waals surface area contributed by atoms with Gasteiger partial charge in [0.1, 0.15) is 0 Å². The van der Waals surface area contributed by atoms with Gasteiger partial charge in [0, 0.05) is 11.1 Å². The molecule has 0 unspecified atom stereocenters. The van der Waals surface area contributed by atoms with E-state index in [1.54, 1.807) is 42.9 Å². The fourth-order valence-corrected chi connectivity index (χ4v) is 2.35. The number of methoxy groups -OCH3 is 1. The van der Waals surface area contributed by atoms with Crippen LogP contribution in [0.4, 0.5) is 0 Å². The number of rotatable bonds is 6. The molecule has 5 nitrogen and oxygen atoms in total. The van der Waals surface area contributed by atoms with E-state index in [1.807, 2.05) is 30.7 Å². The monoisotopic (exact) mass is 318 g/mol. The molecule has 0 bridgehead atoms. The van der Waals surface area contributed by atoms with Crippen LogP contribution in [0.5, 0.6) is 11.5 Å². The number of ether oxygens (including phenoxy) is 2. The molecule has 116 valence electrons. The third-order valence-corrected chi connectivity index (χ3v) is 3.41. The topological polar surface area (TPSA) is 59.9 Å². The Labute approximate surface area is 133 Å². The molecule has 1 amide bonds. The van der Waals surface area contributed by atoms with E-state index in [2.05, 4.69) is 10.5 Å². The number of nitrogens with one attached hydrogen (secondary N) is 1. The average Bonchev–Trinajstić information content (AvgIpc) is 3.00. The second-order valence-corrected chi connectivity index (χ2v) is 5.57. The Kier molecular flexibility index (Phi) is 5.55. The highest BCUT2D eigenvalue weighted by Crippen LogP contribution is 2.28. The number of nitrogens with zero attached hydrogens (tertiary/aromatic N) is 1. The van der Waals surface area contributed by atoms with Crippen LogP contribution in [0, 0.1) is 0 Å². The largest absolute Gasteiger partial charge is 0.493 e. The van der Waals surface area contributed by atoms with Gasteiger partial charge in [0.05, 0.1) is 19.4 Å². The summed E-state index contributed by atoms with van der Waals surface area (Å²) >= 11 is 1.57. The molecular formula is C16H18N2O3S. The van der Waals surface area contributed by atoms with Crippen LogP contribution in [0.2, 0.25) is 0 Å². The summed E-state index contributed by atoms with van der Waals surface area (Å²) in [5.74, 6) is 0.819. The molecule has 0 saturated heterocycles. The minimum atomic E-state index is -0.305. The Morgan fingerprint density at radius 2 is 2.14 bits per heavy atom. The standard InChI is InChI=1S/C16H18N2O3S/c1-11(2)21-14-5-4-13(8-15(14)20-3)16(19)18-17-9-12-6-7-22-10-12/h4-11H,1-3H3,(H,18,19)/b17-9+. The third-order valence-electron chi connectivity index (χ3n) is 2.71. The number of carbonyl (C=O) groups excluding carboxylic acids is 1. The van der Waals surface area contributed by atoms with Crippen molar-refractivity contribution in [2.75, 3.05) is 7.11 Å². The van der Waals surface area contributed by atoms with Crippen LogP contribution in [0.3, 0.4) is 0 Å². The zero-order chi connectivity index (χ0) is 15.9. The van der Waals surface area contributed by atoms with Gasteiger partial charge < -0.3 is 9.47 Å². The first-order valence-electron chi connectivity index (χ1n) is 6.80. The second-order valence-electron chi connectivity index (χ2n) is 4.79. The van der Waals surface area contributed by atoms with Gasteiger partial charge in [0.15, 0.2) is 11.5 Å². The number of amides is 1. The molecule has 0 atom stereocenters. The molecule has 0 aliphatic heterocycles. The van der Waals surface area contributed by atoms with Crippen LogP contribution < -0.4 is 14.9 Å². The fourth-order valence-electron chi connectivity index (χ4n) is 1.74. The Morgan fingerprint density at radius 1 is 1.32 bits per heavy atom. The molecule has 6 heteroatoms. The van der Waals surface area contributed by atoms with E-state index in [0.29, 0.717) is 17.1 Å². The third kappa shape index (κ3) is 4.33. The first-order chi connectivity index (χ1) is 10.6. The predicted octanol–water partition coefficient (Wildman–Crippen LogP) is 3.31. The molecule has 0 aliphatic carbocycles. The lowest BCUT2D eigenvalue weighted by atomic mass is 10.2. The van der Waals surface area contributed by atoms with Crippen molar-refractivity contribution in [2.45, 2.75) is 20.0 Å². The number of hydrazone groups is 1. The molecular weight excluding hydrogens is 300 g/mol. The highest BCUT2D eigenvalue weighted by Gasteiger charge is 2.11. The zero-order valence-electron chi connectivity index (χ0n) is 12.7. The van der Waals surface area contributed by atoms with Gasteiger partial charge in [-0.3, -0.25) is 4.79 Å². The molecule has 1 aromatic carbocycles. The quantitative estimate of drug-likeness (QED) is 0.656. The van der Waals surface area contributed by atoms with Crippen molar-refractivity contribution in [2.24, 2.45) is 5.10 Å². The predicted molar refractivity (Wildman–Crippen MR) is 88.1 cm³/mol. The lowest BCUT2D eigenvalue weighted by Crippen LogP contribution is -2.17. The smallest absolute Gasteiger partial charge is 0.271 e. The van der Waals surface area contributed by atoms with E-state index >= 15 is 0 Å². The number of hydrogen-bond acceptors (Lipinski definition) is 5. The number of thiophene rings is 1. The van der Waals surface area contributed by atoms with Crippen molar-refractivity contribution in [1.29, 1.82) is 0 Å². The molecule has 1 aromatic heterocycles. The van der Waals surface area contributed by atoms with Gasteiger partial charge in [-0.1, -0.05) is 0 Å². The highest BCUT2D eigenvalue weighted by molar-refractivity contribution is 7.08. The Balaban J connectivity index is 2.06. The normalized spacial score (nSPS) is 10.9. The maximum Gasteiger partial charge on any atom is 0.271 e. The van der Waals surface area contributed by atoms with Crippen LogP contribution in [-0.2, 0) is 0 Å². The fraction of sp³-hybridized carbons (Fsp3) is 0.250. The maximum absolute atomic E-state index is 12.1. The van der Waals surface area contributed by atoms with Crippen molar-refractivity contribution < 1.29 is 14.3 Å². The number of carbonyl (C=O) groups is 1. The molecule has 2 aromatic rings.